The summed E-state index contributed by atoms with van der Waals surface area (Å²) in [6, 6.07) is 13.8. The van der Waals surface area contributed by atoms with Gasteiger partial charge in [0.1, 0.15) is 5.82 Å². The van der Waals surface area contributed by atoms with E-state index in [0.717, 1.165) is 35.7 Å². The van der Waals surface area contributed by atoms with Crippen LogP contribution < -0.4 is 5.56 Å². The van der Waals surface area contributed by atoms with Gasteiger partial charge in [0.2, 0.25) is 5.91 Å². The summed E-state index contributed by atoms with van der Waals surface area (Å²) in [6.07, 6.45) is 0.582. The smallest absolute Gasteiger partial charge is 0.266 e. The van der Waals surface area contributed by atoms with E-state index < -0.39 is 0 Å². The number of rotatable bonds is 5. The lowest BCUT2D eigenvalue weighted by Gasteiger charge is -2.42. The van der Waals surface area contributed by atoms with E-state index in [1.807, 2.05) is 48.2 Å². The van der Waals surface area contributed by atoms with E-state index in [4.69, 9.17) is 4.98 Å². The van der Waals surface area contributed by atoms with Crippen LogP contribution in [0, 0.1) is 19.8 Å². The molecular weight excluding hydrogens is 424 g/mol. The molecule has 0 saturated carbocycles. The monoisotopic (exact) mass is 460 g/mol. The lowest BCUT2D eigenvalue weighted by atomic mass is 10.1. The number of para-hydroxylation sites is 1. The van der Waals surface area contributed by atoms with Crippen molar-refractivity contribution >= 4 is 16.8 Å². The minimum atomic E-state index is -0.0807. The lowest BCUT2D eigenvalue weighted by molar-refractivity contribution is -0.136. The standard InChI is InChI=1S/C28H36N4O2/c1-18(2)15-26(33)31-14-13-30(17-21(31)5)22(6)27-29-24-10-8-7-9-23(24)28(34)32(27)25-12-11-19(3)16-20(25)4/h7-12,16,18,21-22H,13-15,17H2,1-6H3. The summed E-state index contributed by atoms with van der Waals surface area (Å²) < 4.78 is 1.79. The Morgan fingerprint density at radius 3 is 2.50 bits per heavy atom. The SMILES string of the molecule is Cc1ccc(-n2c(C(C)N3CCN(C(=O)CC(C)C)C(C)C3)nc3ccccc3c2=O)c(C)c1. The molecule has 6 heteroatoms. The van der Waals surface area contributed by atoms with Crippen LogP contribution in [0.2, 0.25) is 0 Å². The number of benzene rings is 2. The van der Waals surface area contributed by atoms with E-state index in [9.17, 15) is 9.59 Å². The van der Waals surface area contributed by atoms with Crippen LogP contribution in [0.4, 0.5) is 0 Å². The number of fused-ring (bicyclic) bond motifs is 1. The first-order chi connectivity index (χ1) is 16.2. The number of amides is 1. The van der Waals surface area contributed by atoms with E-state index in [2.05, 4.69) is 45.6 Å². The molecule has 1 aromatic heterocycles. The molecule has 2 atom stereocenters. The van der Waals surface area contributed by atoms with Crippen molar-refractivity contribution in [3.63, 3.8) is 0 Å². The average Bonchev–Trinajstić information content (AvgIpc) is 2.78. The Balaban J connectivity index is 1.74. The third-order valence-electron chi connectivity index (χ3n) is 6.88. The number of hydrogen-bond donors (Lipinski definition) is 0. The highest BCUT2D eigenvalue weighted by Gasteiger charge is 2.32. The molecule has 180 valence electrons. The maximum Gasteiger partial charge on any atom is 0.266 e. The molecule has 0 aliphatic carbocycles. The number of hydrogen-bond acceptors (Lipinski definition) is 4. The van der Waals surface area contributed by atoms with Crippen LogP contribution in [0.25, 0.3) is 16.6 Å². The largest absolute Gasteiger partial charge is 0.337 e. The van der Waals surface area contributed by atoms with Gasteiger partial charge in [-0.15, -0.1) is 0 Å². The molecule has 0 N–H and O–H groups in total. The van der Waals surface area contributed by atoms with Crippen molar-refractivity contribution in [2.45, 2.75) is 60.0 Å². The van der Waals surface area contributed by atoms with Gasteiger partial charge in [-0.2, -0.15) is 0 Å². The minimum Gasteiger partial charge on any atom is -0.337 e. The highest BCUT2D eigenvalue weighted by molar-refractivity contribution is 5.78. The first-order valence-electron chi connectivity index (χ1n) is 12.3. The Kier molecular flexibility index (Phi) is 6.89. The van der Waals surface area contributed by atoms with Gasteiger partial charge in [0.15, 0.2) is 0 Å². The fraction of sp³-hybridized carbons (Fsp3) is 0.464. The Morgan fingerprint density at radius 1 is 1.09 bits per heavy atom. The van der Waals surface area contributed by atoms with Gasteiger partial charge in [0.25, 0.3) is 5.56 Å². The molecule has 34 heavy (non-hydrogen) atoms. The van der Waals surface area contributed by atoms with Gasteiger partial charge in [0.05, 0.1) is 22.6 Å². The van der Waals surface area contributed by atoms with Gasteiger partial charge >= 0.3 is 0 Å². The molecule has 2 unspecified atom stereocenters. The van der Waals surface area contributed by atoms with Gasteiger partial charge in [-0.05, 0) is 57.4 Å². The second-order valence-corrected chi connectivity index (χ2v) is 10.1. The van der Waals surface area contributed by atoms with Crippen molar-refractivity contribution in [2.24, 2.45) is 5.92 Å². The van der Waals surface area contributed by atoms with E-state index in [1.165, 1.54) is 0 Å². The zero-order valence-corrected chi connectivity index (χ0v) is 21.2. The molecule has 1 saturated heterocycles. The number of piperazine rings is 1. The summed E-state index contributed by atoms with van der Waals surface area (Å²) in [7, 11) is 0. The van der Waals surface area contributed by atoms with Crippen LogP contribution in [0.3, 0.4) is 0 Å². The first kappa shape index (κ1) is 24.1. The zero-order chi connectivity index (χ0) is 24.6. The van der Waals surface area contributed by atoms with Gasteiger partial charge in [-0.25, -0.2) is 4.98 Å². The molecule has 0 spiro atoms. The number of carbonyl (C=O) groups is 1. The molecule has 1 amide bonds. The molecule has 2 heterocycles. The number of carbonyl (C=O) groups excluding carboxylic acids is 1. The molecule has 6 nitrogen and oxygen atoms in total. The fourth-order valence-corrected chi connectivity index (χ4v) is 5.06. The third kappa shape index (κ3) is 4.64. The normalized spacial score (nSPS) is 18.0. The van der Waals surface area contributed by atoms with Crippen molar-refractivity contribution in [2.75, 3.05) is 19.6 Å². The zero-order valence-electron chi connectivity index (χ0n) is 21.2. The molecular formula is C28H36N4O2. The molecule has 1 aliphatic rings. The molecule has 1 aliphatic heterocycles. The molecule has 0 radical (unpaired) electrons. The second-order valence-electron chi connectivity index (χ2n) is 10.1. The topological polar surface area (TPSA) is 58.4 Å². The minimum absolute atomic E-state index is 0.0433. The van der Waals surface area contributed by atoms with Crippen LogP contribution in [-0.4, -0.2) is 50.9 Å². The van der Waals surface area contributed by atoms with Crippen LogP contribution in [0.1, 0.15) is 57.1 Å². The van der Waals surface area contributed by atoms with Gasteiger partial charge in [-0.3, -0.25) is 19.1 Å². The van der Waals surface area contributed by atoms with Crippen LogP contribution in [-0.2, 0) is 4.79 Å². The first-order valence-corrected chi connectivity index (χ1v) is 12.3. The Bertz CT molecular complexity index is 1260. The molecule has 2 aromatic carbocycles. The van der Waals surface area contributed by atoms with E-state index in [0.29, 0.717) is 29.8 Å². The maximum absolute atomic E-state index is 13.7. The van der Waals surface area contributed by atoms with Crippen LogP contribution >= 0.6 is 0 Å². The second kappa shape index (κ2) is 9.71. The van der Waals surface area contributed by atoms with Crippen molar-refractivity contribution in [3.8, 4) is 5.69 Å². The van der Waals surface area contributed by atoms with Gasteiger partial charge < -0.3 is 4.90 Å². The fourth-order valence-electron chi connectivity index (χ4n) is 5.06. The van der Waals surface area contributed by atoms with Crippen LogP contribution in [0.5, 0.6) is 0 Å². The number of aromatic nitrogens is 2. The predicted octanol–water partition coefficient (Wildman–Crippen LogP) is 4.64. The highest BCUT2D eigenvalue weighted by Crippen LogP contribution is 2.27. The summed E-state index contributed by atoms with van der Waals surface area (Å²) in [5, 5.41) is 0.621. The van der Waals surface area contributed by atoms with E-state index >= 15 is 0 Å². The maximum atomic E-state index is 13.7. The quantitative estimate of drug-likeness (QED) is 0.556. The van der Waals surface area contributed by atoms with Gasteiger partial charge in [0, 0.05) is 32.1 Å². The average molecular weight is 461 g/mol. The number of aryl methyl sites for hydroxylation is 2. The van der Waals surface area contributed by atoms with Gasteiger partial charge in [-0.1, -0.05) is 43.7 Å². The lowest BCUT2D eigenvalue weighted by Crippen LogP contribution is -2.54. The summed E-state index contributed by atoms with van der Waals surface area (Å²) in [6.45, 7) is 14.7. The van der Waals surface area contributed by atoms with Crippen molar-refractivity contribution in [1.29, 1.82) is 0 Å². The number of nitrogens with zero attached hydrogens (tertiary/aromatic N) is 4. The molecule has 0 bridgehead atoms. The Morgan fingerprint density at radius 2 is 1.82 bits per heavy atom. The van der Waals surface area contributed by atoms with E-state index in [1.54, 1.807) is 4.57 Å². The van der Waals surface area contributed by atoms with Crippen molar-refractivity contribution < 1.29 is 4.79 Å². The summed E-state index contributed by atoms with van der Waals surface area (Å²) in [4.78, 5) is 35.8. The Labute approximate surface area is 202 Å². The molecule has 1 fully saturated rings. The molecule has 3 aromatic rings. The third-order valence-corrected chi connectivity index (χ3v) is 6.88. The highest BCUT2D eigenvalue weighted by atomic mass is 16.2. The van der Waals surface area contributed by atoms with Crippen molar-refractivity contribution in [3.05, 3.63) is 69.8 Å². The van der Waals surface area contributed by atoms with Crippen molar-refractivity contribution in [1.82, 2.24) is 19.4 Å². The van der Waals surface area contributed by atoms with E-state index in [-0.39, 0.29) is 23.6 Å². The molecule has 4 rings (SSSR count). The summed E-state index contributed by atoms with van der Waals surface area (Å²) in [5.41, 5.74) is 3.75. The van der Waals surface area contributed by atoms with Crippen LogP contribution in [0.15, 0.2) is 47.3 Å². The summed E-state index contributed by atoms with van der Waals surface area (Å²) in [5.74, 6) is 1.32. The Hall–Kier alpha value is -2.99. The predicted molar refractivity (Wildman–Crippen MR) is 137 cm³/mol. The summed E-state index contributed by atoms with van der Waals surface area (Å²) >= 11 is 0.